The minimum Gasteiger partial charge on any atom is -0.299 e. The minimum absolute atomic E-state index is 0.383. The predicted octanol–water partition coefficient (Wildman–Crippen LogP) is 3.48. The van der Waals surface area contributed by atoms with Crippen molar-refractivity contribution >= 4 is 21.7 Å². The van der Waals surface area contributed by atoms with Gasteiger partial charge in [0.25, 0.3) is 0 Å². The molecule has 0 aromatic heterocycles. The fourth-order valence-corrected chi connectivity index (χ4v) is 4.24. The lowest BCUT2D eigenvalue weighted by molar-refractivity contribution is -0.119. The van der Waals surface area contributed by atoms with Gasteiger partial charge >= 0.3 is 0 Å². The average Bonchev–Trinajstić information content (AvgIpc) is 2.00. The number of hydrogen-bond donors (Lipinski definition) is 0. The van der Waals surface area contributed by atoms with Crippen LogP contribution in [0.3, 0.4) is 0 Å². The van der Waals surface area contributed by atoms with E-state index in [0.717, 1.165) is 6.42 Å². The normalized spacial score (nSPS) is 36.2. The lowest BCUT2D eigenvalue weighted by Crippen LogP contribution is -2.34. The molecule has 1 saturated carbocycles. The van der Waals surface area contributed by atoms with Crippen molar-refractivity contribution in [3.63, 3.8) is 0 Å². The molecular formula is C12H17BrO. The Bertz CT molecular complexity index is 291. The summed E-state index contributed by atoms with van der Waals surface area (Å²) in [5.74, 6) is 0.931. The van der Waals surface area contributed by atoms with Crippen LogP contribution < -0.4 is 0 Å². The van der Waals surface area contributed by atoms with Gasteiger partial charge in [-0.1, -0.05) is 41.4 Å². The molecule has 0 bridgehead atoms. The Labute approximate surface area is 94.1 Å². The third-order valence-electron chi connectivity index (χ3n) is 3.40. The molecule has 2 aliphatic carbocycles. The standard InChI is InChI=1S/C12H17BrO/c1-12(2)6-8-5-9(14)3-4-10(8)11(13)7-12/h4,8,11H,3,5-7H2,1-2H3. The average molecular weight is 257 g/mol. The summed E-state index contributed by atoms with van der Waals surface area (Å²) in [6.07, 6.45) is 5.97. The molecule has 1 fully saturated rings. The van der Waals surface area contributed by atoms with Crippen LogP contribution in [0.4, 0.5) is 0 Å². The van der Waals surface area contributed by atoms with Gasteiger partial charge in [-0.15, -0.1) is 0 Å². The molecule has 14 heavy (non-hydrogen) atoms. The lowest BCUT2D eigenvalue weighted by Gasteiger charge is -2.41. The zero-order chi connectivity index (χ0) is 10.3. The molecule has 0 aromatic rings. The topological polar surface area (TPSA) is 17.1 Å². The zero-order valence-corrected chi connectivity index (χ0v) is 10.4. The van der Waals surface area contributed by atoms with Crippen molar-refractivity contribution < 1.29 is 4.79 Å². The third-order valence-corrected chi connectivity index (χ3v) is 4.26. The van der Waals surface area contributed by atoms with E-state index in [-0.39, 0.29) is 0 Å². The number of alkyl halides is 1. The first-order valence-electron chi connectivity index (χ1n) is 5.34. The van der Waals surface area contributed by atoms with Gasteiger partial charge in [-0.3, -0.25) is 4.79 Å². The van der Waals surface area contributed by atoms with Gasteiger partial charge in [0.1, 0.15) is 5.78 Å². The Hall–Kier alpha value is -0.110. The van der Waals surface area contributed by atoms with Crippen molar-refractivity contribution in [3.05, 3.63) is 11.6 Å². The van der Waals surface area contributed by atoms with E-state index in [1.807, 2.05) is 0 Å². The van der Waals surface area contributed by atoms with Crippen LogP contribution in [-0.2, 0) is 4.79 Å². The van der Waals surface area contributed by atoms with Crippen molar-refractivity contribution in [1.29, 1.82) is 0 Å². The van der Waals surface area contributed by atoms with E-state index in [1.54, 1.807) is 0 Å². The van der Waals surface area contributed by atoms with E-state index < -0.39 is 0 Å². The fraction of sp³-hybridized carbons (Fsp3) is 0.750. The molecule has 2 heteroatoms. The lowest BCUT2D eigenvalue weighted by atomic mass is 9.66. The van der Waals surface area contributed by atoms with Crippen LogP contribution in [0.1, 0.15) is 39.5 Å². The van der Waals surface area contributed by atoms with Crippen molar-refractivity contribution in [2.45, 2.75) is 44.4 Å². The molecular weight excluding hydrogens is 240 g/mol. The Morgan fingerprint density at radius 2 is 2.14 bits per heavy atom. The van der Waals surface area contributed by atoms with Crippen molar-refractivity contribution in [1.82, 2.24) is 0 Å². The molecule has 1 nitrogen and oxygen atoms in total. The number of carbonyl (C=O) groups excluding carboxylic acids is 1. The van der Waals surface area contributed by atoms with E-state index in [1.165, 1.54) is 18.4 Å². The highest BCUT2D eigenvalue weighted by atomic mass is 79.9. The summed E-state index contributed by atoms with van der Waals surface area (Å²) in [6, 6.07) is 0. The number of halogens is 1. The highest BCUT2D eigenvalue weighted by Gasteiger charge is 2.38. The van der Waals surface area contributed by atoms with E-state index in [0.29, 0.717) is 28.4 Å². The molecule has 0 N–H and O–H groups in total. The van der Waals surface area contributed by atoms with Crippen LogP contribution in [0.5, 0.6) is 0 Å². The number of fused-ring (bicyclic) bond motifs is 1. The van der Waals surface area contributed by atoms with E-state index in [4.69, 9.17) is 0 Å². The van der Waals surface area contributed by atoms with Gasteiger partial charge in [0.2, 0.25) is 0 Å². The molecule has 2 unspecified atom stereocenters. The minimum atomic E-state index is 0.383. The summed E-state index contributed by atoms with van der Waals surface area (Å²) < 4.78 is 0. The summed E-state index contributed by atoms with van der Waals surface area (Å²) >= 11 is 3.75. The highest BCUT2D eigenvalue weighted by molar-refractivity contribution is 9.09. The zero-order valence-electron chi connectivity index (χ0n) is 8.85. The van der Waals surface area contributed by atoms with E-state index in [9.17, 15) is 4.79 Å². The molecule has 2 rings (SSSR count). The maximum Gasteiger partial charge on any atom is 0.137 e. The van der Waals surface area contributed by atoms with Crippen LogP contribution >= 0.6 is 15.9 Å². The molecule has 78 valence electrons. The largest absolute Gasteiger partial charge is 0.299 e. The van der Waals surface area contributed by atoms with Gasteiger partial charge in [0, 0.05) is 17.7 Å². The molecule has 0 aromatic carbocycles. The van der Waals surface area contributed by atoms with Crippen LogP contribution in [-0.4, -0.2) is 10.6 Å². The summed E-state index contributed by atoms with van der Waals surface area (Å²) in [7, 11) is 0. The second-order valence-corrected chi connectivity index (χ2v) is 6.49. The molecule has 0 spiro atoms. The van der Waals surface area contributed by atoms with Crippen LogP contribution in [0.25, 0.3) is 0 Å². The van der Waals surface area contributed by atoms with Gasteiger partial charge < -0.3 is 0 Å². The second-order valence-electron chi connectivity index (χ2n) is 5.39. The van der Waals surface area contributed by atoms with Crippen LogP contribution in [0.2, 0.25) is 0 Å². The van der Waals surface area contributed by atoms with Gasteiger partial charge in [-0.05, 0) is 24.2 Å². The van der Waals surface area contributed by atoms with Gasteiger partial charge in [0.05, 0.1) is 0 Å². The number of rotatable bonds is 0. The van der Waals surface area contributed by atoms with Gasteiger partial charge in [-0.25, -0.2) is 0 Å². The Morgan fingerprint density at radius 1 is 1.43 bits per heavy atom. The number of hydrogen-bond acceptors (Lipinski definition) is 1. The summed E-state index contributed by atoms with van der Waals surface area (Å²) in [6.45, 7) is 4.61. The highest BCUT2D eigenvalue weighted by Crippen LogP contribution is 2.47. The smallest absolute Gasteiger partial charge is 0.137 e. The maximum absolute atomic E-state index is 11.4. The maximum atomic E-state index is 11.4. The molecule has 0 saturated heterocycles. The van der Waals surface area contributed by atoms with Gasteiger partial charge in [-0.2, -0.15) is 0 Å². The van der Waals surface area contributed by atoms with Gasteiger partial charge in [0.15, 0.2) is 0 Å². The summed E-state index contributed by atoms with van der Waals surface area (Å²) in [4.78, 5) is 11.9. The molecule has 0 amide bonds. The van der Waals surface area contributed by atoms with E-state index >= 15 is 0 Å². The Morgan fingerprint density at radius 3 is 2.86 bits per heavy atom. The first kappa shape index (κ1) is 10.4. The molecule has 2 atom stereocenters. The molecule has 0 aliphatic heterocycles. The molecule has 0 heterocycles. The fourth-order valence-electron chi connectivity index (χ4n) is 2.80. The number of Topliss-reactive ketones (excluding diaryl/α,β-unsaturated/α-hetero) is 1. The van der Waals surface area contributed by atoms with Crippen LogP contribution in [0.15, 0.2) is 11.6 Å². The predicted molar refractivity (Wildman–Crippen MR) is 61.5 cm³/mol. The first-order chi connectivity index (χ1) is 6.48. The first-order valence-corrected chi connectivity index (χ1v) is 6.25. The summed E-state index contributed by atoms with van der Waals surface area (Å²) in [5.41, 5.74) is 1.87. The quantitative estimate of drug-likeness (QED) is 0.479. The van der Waals surface area contributed by atoms with Crippen molar-refractivity contribution in [3.8, 4) is 0 Å². The third kappa shape index (κ3) is 1.95. The van der Waals surface area contributed by atoms with Crippen molar-refractivity contribution in [2.24, 2.45) is 11.3 Å². The second kappa shape index (κ2) is 3.48. The Balaban J connectivity index is 2.23. The monoisotopic (exact) mass is 256 g/mol. The molecule has 0 radical (unpaired) electrons. The van der Waals surface area contributed by atoms with E-state index in [2.05, 4.69) is 35.9 Å². The van der Waals surface area contributed by atoms with Crippen molar-refractivity contribution in [2.75, 3.05) is 0 Å². The number of carbonyl (C=O) groups is 1. The Kier molecular flexibility index (Phi) is 2.59. The molecule has 2 aliphatic rings. The van der Waals surface area contributed by atoms with Crippen LogP contribution in [0, 0.1) is 11.3 Å². The summed E-state index contributed by atoms with van der Waals surface area (Å²) in [5, 5.41) is 0. The SMILES string of the molecule is CC1(C)CC(Br)C2=CCC(=O)CC2C1. The number of allylic oxidation sites excluding steroid dienone is 2. The number of ketones is 1.